The van der Waals surface area contributed by atoms with Crippen LogP contribution in [0.1, 0.15) is 77.6 Å². The van der Waals surface area contributed by atoms with Gasteiger partial charge in [-0.2, -0.15) is 0 Å². The van der Waals surface area contributed by atoms with E-state index in [0.29, 0.717) is 12.8 Å². The number of esters is 1. The van der Waals surface area contributed by atoms with Gasteiger partial charge in [-0.1, -0.05) is 32.6 Å². The third-order valence-corrected chi connectivity index (χ3v) is 4.23. The van der Waals surface area contributed by atoms with Gasteiger partial charge in [0.2, 0.25) is 0 Å². The summed E-state index contributed by atoms with van der Waals surface area (Å²) in [7, 11) is 0. The van der Waals surface area contributed by atoms with Gasteiger partial charge in [-0.25, -0.2) is 4.79 Å². The van der Waals surface area contributed by atoms with Crippen LogP contribution in [-0.4, -0.2) is 34.5 Å². The number of ether oxygens (including phenoxy) is 1. The van der Waals surface area contributed by atoms with E-state index in [1.54, 1.807) is 0 Å². The first kappa shape index (κ1) is 19.2. The standard InChI is InChI=1S/C18H32O4/c1-2-3-5-9-17-10-7-4-6-8-15(19)11-12-16(20)13-14-18(21)22-17/h13-17,19-20H,2-12H2,1H3/b14-13+/t15-,16+,17-/m1/s1. The fraction of sp³-hybridized carbons (Fsp3) is 0.833. The summed E-state index contributed by atoms with van der Waals surface area (Å²) in [5, 5.41) is 19.6. The van der Waals surface area contributed by atoms with Crippen LogP contribution in [0.4, 0.5) is 0 Å². The number of unbranched alkanes of at least 4 members (excludes halogenated alkanes) is 2. The van der Waals surface area contributed by atoms with E-state index >= 15 is 0 Å². The molecule has 0 radical (unpaired) electrons. The number of aliphatic hydroxyl groups excluding tert-OH is 2. The molecule has 1 heterocycles. The number of carbonyl (C=O) groups is 1. The van der Waals surface area contributed by atoms with Crippen molar-refractivity contribution in [3.8, 4) is 0 Å². The Hall–Kier alpha value is -0.870. The first-order valence-electron chi connectivity index (χ1n) is 8.86. The summed E-state index contributed by atoms with van der Waals surface area (Å²) < 4.78 is 5.53. The van der Waals surface area contributed by atoms with Gasteiger partial charge in [0, 0.05) is 6.08 Å². The lowest BCUT2D eigenvalue weighted by Gasteiger charge is -2.18. The van der Waals surface area contributed by atoms with Crippen LogP contribution in [0.25, 0.3) is 0 Å². The Kier molecular flexibility index (Phi) is 10.2. The van der Waals surface area contributed by atoms with Crippen LogP contribution < -0.4 is 0 Å². The zero-order valence-electron chi connectivity index (χ0n) is 13.9. The monoisotopic (exact) mass is 312 g/mol. The van der Waals surface area contributed by atoms with Crippen molar-refractivity contribution < 1.29 is 19.7 Å². The van der Waals surface area contributed by atoms with Gasteiger partial charge in [0.15, 0.2) is 0 Å². The second kappa shape index (κ2) is 11.7. The first-order valence-corrected chi connectivity index (χ1v) is 8.86. The van der Waals surface area contributed by atoms with Crippen molar-refractivity contribution in [1.82, 2.24) is 0 Å². The minimum Gasteiger partial charge on any atom is -0.459 e. The topological polar surface area (TPSA) is 66.8 Å². The lowest BCUT2D eigenvalue weighted by molar-refractivity contribution is -0.143. The van der Waals surface area contributed by atoms with Gasteiger partial charge in [0.25, 0.3) is 0 Å². The number of rotatable bonds is 4. The van der Waals surface area contributed by atoms with Crippen molar-refractivity contribution in [2.75, 3.05) is 0 Å². The molecule has 0 unspecified atom stereocenters. The lowest BCUT2D eigenvalue weighted by atomic mass is 10.0. The fourth-order valence-electron chi connectivity index (χ4n) is 2.81. The molecule has 22 heavy (non-hydrogen) atoms. The number of carbonyl (C=O) groups excluding carboxylic acids is 1. The second-order valence-corrected chi connectivity index (χ2v) is 6.35. The molecule has 0 fully saturated rings. The summed E-state index contributed by atoms with van der Waals surface area (Å²) in [5.41, 5.74) is 0. The highest BCUT2D eigenvalue weighted by Gasteiger charge is 2.14. The first-order chi connectivity index (χ1) is 10.6. The van der Waals surface area contributed by atoms with E-state index in [1.165, 1.54) is 12.2 Å². The molecule has 4 heteroatoms. The lowest BCUT2D eigenvalue weighted by Crippen LogP contribution is -2.18. The van der Waals surface area contributed by atoms with E-state index in [9.17, 15) is 15.0 Å². The molecule has 0 aliphatic carbocycles. The molecule has 1 aliphatic heterocycles. The van der Waals surface area contributed by atoms with Crippen molar-refractivity contribution in [2.24, 2.45) is 0 Å². The maximum atomic E-state index is 11.8. The molecular weight excluding hydrogens is 280 g/mol. The zero-order chi connectivity index (χ0) is 16.2. The number of cyclic esters (lactones) is 1. The zero-order valence-corrected chi connectivity index (χ0v) is 13.9. The fourth-order valence-corrected chi connectivity index (χ4v) is 2.81. The predicted molar refractivity (Wildman–Crippen MR) is 87.5 cm³/mol. The molecule has 4 nitrogen and oxygen atoms in total. The summed E-state index contributed by atoms with van der Waals surface area (Å²) in [6.07, 6.45) is 11.9. The minimum atomic E-state index is -0.691. The van der Waals surface area contributed by atoms with E-state index in [-0.39, 0.29) is 18.2 Å². The van der Waals surface area contributed by atoms with Crippen molar-refractivity contribution in [2.45, 2.75) is 95.9 Å². The molecule has 0 saturated carbocycles. The van der Waals surface area contributed by atoms with Gasteiger partial charge in [-0.05, 0) is 51.0 Å². The van der Waals surface area contributed by atoms with E-state index < -0.39 is 6.10 Å². The number of hydrogen-bond donors (Lipinski definition) is 2. The normalized spacial score (nSPS) is 30.3. The maximum Gasteiger partial charge on any atom is 0.330 e. The highest BCUT2D eigenvalue weighted by molar-refractivity contribution is 5.82. The molecule has 1 aliphatic rings. The van der Waals surface area contributed by atoms with Gasteiger partial charge in [-0.3, -0.25) is 0 Å². The Morgan fingerprint density at radius 1 is 1.09 bits per heavy atom. The van der Waals surface area contributed by atoms with Crippen LogP contribution in [0.3, 0.4) is 0 Å². The quantitative estimate of drug-likeness (QED) is 0.616. The van der Waals surface area contributed by atoms with E-state index in [1.807, 2.05) is 0 Å². The summed E-state index contributed by atoms with van der Waals surface area (Å²) in [4.78, 5) is 11.8. The van der Waals surface area contributed by atoms with E-state index in [2.05, 4.69) is 6.92 Å². The summed E-state index contributed by atoms with van der Waals surface area (Å²) >= 11 is 0. The molecule has 0 aromatic heterocycles. The molecule has 0 amide bonds. The van der Waals surface area contributed by atoms with Gasteiger partial charge >= 0.3 is 5.97 Å². The molecule has 3 atom stereocenters. The van der Waals surface area contributed by atoms with E-state index in [4.69, 9.17) is 4.74 Å². The molecule has 0 aromatic rings. The highest BCUT2D eigenvalue weighted by atomic mass is 16.5. The summed E-state index contributed by atoms with van der Waals surface area (Å²) in [6.45, 7) is 2.16. The van der Waals surface area contributed by atoms with Gasteiger partial charge in [-0.15, -0.1) is 0 Å². The molecule has 1 rings (SSSR count). The molecule has 0 saturated heterocycles. The average molecular weight is 312 g/mol. The Morgan fingerprint density at radius 3 is 2.64 bits per heavy atom. The molecule has 0 bridgehead atoms. The predicted octanol–water partition coefficient (Wildman–Crippen LogP) is 3.50. The minimum absolute atomic E-state index is 0.0197. The van der Waals surface area contributed by atoms with Crippen molar-refractivity contribution in [3.05, 3.63) is 12.2 Å². The summed E-state index contributed by atoms with van der Waals surface area (Å²) in [5.74, 6) is -0.363. The van der Waals surface area contributed by atoms with Crippen LogP contribution in [0.2, 0.25) is 0 Å². The number of hydrogen-bond acceptors (Lipinski definition) is 4. The van der Waals surface area contributed by atoms with Crippen LogP contribution in [0, 0.1) is 0 Å². The molecular formula is C18H32O4. The Balaban J connectivity index is 2.55. The largest absolute Gasteiger partial charge is 0.459 e. The number of aliphatic hydroxyl groups is 2. The molecule has 0 spiro atoms. The van der Waals surface area contributed by atoms with Gasteiger partial charge < -0.3 is 14.9 Å². The Bertz CT molecular complexity index is 327. The highest BCUT2D eigenvalue weighted by Crippen LogP contribution is 2.17. The van der Waals surface area contributed by atoms with Gasteiger partial charge in [0.05, 0.1) is 12.2 Å². The van der Waals surface area contributed by atoms with E-state index in [0.717, 1.165) is 57.8 Å². The third-order valence-electron chi connectivity index (χ3n) is 4.23. The van der Waals surface area contributed by atoms with Crippen LogP contribution in [0.5, 0.6) is 0 Å². The Morgan fingerprint density at radius 2 is 1.86 bits per heavy atom. The summed E-state index contributed by atoms with van der Waals surface area (Å²) in [6, 6.07) is 0. The molecule has 128 valence electrons. The van der Waals surface area contributed by atoms with Crippen LogP contribution in [-0.2, 0) is 9.53 Å². The van der Waals surface area contributed by atoms with Crippen molar-refractivity contribution in [3.63, 3.8) is 0 Å². The smallest absolute Gasteiger partial charge is 0.330 e. The molecule has 2 N–H and O–H groups in total. The average Bonchev–Trinajstić information content (AvgIpc) is 2.49. The maximum absolute atomic E-state index is 11.8. The SMILES string of the molecule is CCCCC[C@@H]1CCCCC[C@@H](O)CC[C@H](O)/C=C/C(=O)O1. The third kappa shape index (κ3) is 9.21. The van der Waals surface area contributed by atoms with Crippen LogP contribution in [0.15, 0.2) is 12.2 Å². The molecule has 0 aromatic carbocycles. The van der Waals surface area contributed by atoms with Crippen LogP contribution >= 0.6 is 0 Å². The Labute approximate surface area is 134 Å². The second-order valence-electron chi connectivity index (χ2n) is 6.35. The van der Waals surface area contributed by atoms with Gasteiger partial charge in [0.1, 0.15) is 6.10 Å². The van der Waals surface area contributed by atoms with Crippen molar-refractivity contribution >= 4 is 5.97 Å². The van der Waals surface area contributed by atoms with Crippen molar-refractivity contribution in [1.29, 1.82) is 0 Å².